The van der Waals surface area contributed by atoms with E-state index >= 15 is 0 Å². The Morgan fingerprint density at radius 2 is 0.598 bits per heavy atom. The van der Waals surface area contributed by atoms with Gasteiger partial charge in [-0.3, -0.25) is 0 Å². The third-order valence-corrected chi connectivity index (χ3v) is 21.6. The maximum Gasteiger partial charge on any atom is 0.534 e. The number of phenolic OH excluding ortho intramolecular Hbond substituents is 1. The summed E-state index contributed by atoms with van der Waals surface area (Å²) in [6.45, 7) is 0. The van der Waals surface area contributed by atoms with E-state index in [0.29, 0.717) is 21.9 Å². The van der Waals surface area contributed by atoms with Crippen LogP contribution in [0.15, 0.2) is 350 Å². The van der Waals surface area contributed by atoms with Crippen molar-refractivity contribution in [3.8, 4) is 56.0 Å². The molecule has 0 aliphatic heterocycles. The molecule has 0 amide bonds. The molecule has 0 saturated heterocycles. The quantitative estimate of drug-likeness (QED) is 0.0856. The van der Waals surface area contributed by atoms with Gasteiger partial charge in [-0.05, 0) is 174 Å². The maximum atomic E-state index is 12.5. The van der Waals surface area contributed by atoms with Crippen molar-refractivity contribution in [2.24, 2.45) is 0 Å². The Bertz CT molecular complexity index is 7080. The van der Waals surface area contributed by atoms with Crippen molar-refractivity contribution in [3.05, 3.63) is 332 Å². The molecule has 0 fully saturated rings. The number of nitrogens with zero attached hydrogens (tertiary/aromatic N) is 1. The van der Waals surface area contributed by atoms with E-state index in [2.05, 4.69) is 280 Å². The highest BCUT2D eigenvalue weighted by molar-refractivity contribution is 9.10. The molecule has 0 saturated carbocycles. The minimum absolute atomic E-state index is 0.0258. The largest absolute Gasteiger partial charge is 0.534 e. The lowest BCUT2D eigenvalue weighted by Crippen LogP contribution is -2.28. The normalized spacial score (nSPS) is 12.0. The van der Waals surface area contributed by atoms with Crippen molar-refractivity contribution in [1.82, 2.24) is 0 Å². The van der Waals surface area contributed by atoms with Gasteiger partial charge in [0.05, 0.1) is 0 Å². The molecular formula is C93H55BrF3NO8S. The molecule has 514 valence electrons. The molecule has 0 atom stereocenters. The van der Waals surface area contributed by atoms with Crippen molar-refractivity contribution in [3.63, 3.8) is 0 Å². The second kappa shape index (κ2) is 25.6. The van der Waals surface area contributed by atoms with Crippen LogP contribution in [0, 0.1) is 0 Å². The summed E-state index contributed by atoms with van der Waals surface area (Å²) >= 11 is 3.49. The molecule has 9 nitrogen and oxygen atoms in total. The van der Waals surface area contributed by atoms with Crippen molar-refractivity contribution < 1.29 is 48.5 Å². The third-order valence-electron chi connectivity index (χ3n) is 20.1. The molecular weight excluding hydrogens is 1430 g/mol. The van der Waals surface area contributed by atoms with Crippen LogP contribution in [-0.4, -0.2) is 19.0 Å². The molecule has 4 aromatic heterocycles. The highest BCUT2D eigenvalue weighted by Gasteiger charge is 2.49. The van der Waals surface area contributed by atoms with Gasteiger partial charge in [0.1, 0.15) is 33.5 Å². The molecule has 0 aliphatic rings. The summed E-state index contributed by atoms with van der Waals surface area (Å²) in [7, 11) is -5.76. The standard InChI is InChI=1S/C44H29NO.C20H11BrO.C15H7F3O4S.C14H8O2/c1-3-8-30(9-4-1)32-16-23-37(24-17-32)45(38-25-18-33(19-26-38)31-10-5-2-6-11-31)39-27-20-34(21-28-39)40-29-22-36-15-14-35-12-7-13-41-42(35)43(36)44(40)46-41;21-15-9-6-12(7-10-15)16-11-8-14-5-4-13-2-1-3-17-18(13)19(14)20(16)22-17;16-15(17,18)23(19,20)22-11-7-6-9-5-4-8-2-1-3-10-12(8)13(9)14(11)21-10;15-10-7-6-9-5-4-8-2-1-3-11-12(8)13(9)14(10)16-11/h1-29H;1-11H;1-7H;1-7,15H. The Labute approximate surface area is 616 Å². The number of anilines is 3. The van der Waals surface area contributed by atoms with E-state index in [4.69, 9.17) is 17.7 Å². The predicted molar refractivity (Wildman–Crippen MR) is 431 cm³/mol. The highest BCUT2D eigenvalue weighted by Crippen LogP contribution is 2.48. The molecule has 1 N–H and O–H groups in total. The SMILES string of the molecule is Brc1ccc(-c2ccc3ccc4cccc5oc2c3c45)cc1.O=S(=O)(Oc1ccc2ccc3cccc4oc1c2c34)C(F)(F)F.Oc1ccc2ccc3cccc4oc1c2c34.c1ccc(-c2ccc(N(c3ccc(-c4ccccc4)cc3)c3ccc(-c4ccc5ccc6cccc7oc4c5c67)cc3)cc2)cc1. The summed E-state index contributed by atoms with van der Waals surface area (Å²) in [4.78, 5) is 2.32. The molecule has 4 heterocycles. The summed E-state index contributed by atoms with van der Waals surface area (Å²) in [5, 5.41) is 26.7. The zero-order chi connectivity index (χ0) is 72.2. The van der Waals surface area contributed by atoms with Gasteiger partial charge in [0.2, 0.25) is 0 Å². The molecule has 0 spiro atoms. The molecule has 107 heavy (non-hydrogen) atoms. The van der Waals surface area contributed by atoms with Crippen LogP contribution in [0.25, 0.3) is 175 Å². The van der Waals surface area contributed by atoms with E-state index in [1.165, 1.54) is 77.0 Å². The molecule has 22 rings (SSSR count). The van der Waals surface area contributed by atoms with Crippen LogP contribution < -0.4 is 9.08 Å². The first-order chi connectivity index (χ1) is 52.2. The molecule has 22 aromatic rings. The van der Waals surface area contributed by atoms with E-state index in [-0.39, 0.29) is 11.3 Å². The van der Waals surface area contributed by atoms with Gasteiger partial charge in [-0.2, -0.15) is 21.6 Å². The summed E-state index contributed by atoms with van der Waals surface area (Å²) in [5.41, 5.74) is 12.8. The lowest BCUT2D eigenvalue weighted by Gasteiger charge is -2.26. The van der Waals surface area contributed by atoms with Gasteiger partial charge in [-0.25, -0.2) is 0 Å². The van der Waals surface area contributed by atoms with Gasteiger partial charge < -0.3 is 31.9 Å². The summed E-state index contributed by atoms with van der Waals surface area (Å²) in [6.07, 6.45) is 0. The topological polar surface area (TPSA) is 119 Å². The number of aromatic hydroxyl groups is 1. The molecule has 0 bridgehead atoms. The number of hydrogen-bond donors (Lipinski definition) is 1. The molecule has 0 radical (unpaired) electrons. The van der Waals surface area contributed by atoms with Crippen molar-refractivity contribution in [2.45, 2.75) is 5.51 Å². The Kier molecular flexibility index (Phi) is 15.5. The van der Waals surface area contributed by atoms with Crippen molar-refractivity contribution in [2.75, 3.05) is 4.90 Å². The number of furan rings is 4. The van der Waals surface area contributed by atoms with Crippen LogP contribution in [0.3, 0.4) is 0 Å². The van der Waals surface area contributed by atoms with Gasteiger partial charge >= 0.3 is 15.6 Å². The number of benzene rings is 18. The first-order valence-corrected chi connectivity index (χ1v) is 36.8. The Balaban J connectivity index is 0.000000107. The van der Waals surface area contributed by atoms with E-state index in [0.717, 1.165) is 105 Å². The number of alkyl halides is 3. The first kappa shape index (κ1) is 64.7. The first-order valence-electron chi connectivity index (χ1n) is 34.6. The smallest absolute Gasteiger partial charge is 0.504 e. The summed E-state index contributed by atoms with van der Waals surface area (Å²) < 4.78 is 89.4. The Hall–Kier alpha value is -13.1. The zero-order valence-electron chi connectivity index (χ0n) is 56.3. The molecule has 14 heteroatoms. The van der Waals surface area contributed by atoms with Crippen LogP contribution in [0.5, 0.6) is 11.5 Å². The van der Waals surface area contributed by atoms with Crippen LogP contribution in [0.1, 0.15) is 0 Å². The van der Waals surface area contributed by atoms with E-state index in [9.17, 15) is 26.7 Å². The molecule has 18 aromatic carbocycles. The van der Waals surface area contributed by atoms with Crippen molar-refractivity contribution in [1.29, 1.82) is 0 Å². The van der Waals surface area contributed by atoms with Gasteiger partial charge in [0.25, 0.3) is 0 Å². The minimum Gasteiger partial charge on any atom is -0.504 e. The summed E-state index contributed by atoms with van der Waals surface area (Å²) in [5.74, 6) is -0.283. The molecule has 0 unspecified atom stereocenters. The minimum atomic E-state index is -5.76. The van der Waals surface area contributed by atoms with E-state index in [1.807, 2.05) is 36.4 Å². The third kappa shape index (κ3) is 11.3. The van der Waals surface area contributed by atoms with Crippen LogP contribution in [0.2, 0.25) is 0 Å². The van der Waals surface area contributed by atoms with E-state index in [1.54, 1.807) is 24.3 Å². The van der Waals surface area contributed by atoms with Crippen molar-refractivity contribution >= 4 is 174 Å². The fourth-order valence-corrected chi connectivity index (χ4v) is 15.8. The lowest BCUT2D eigenvalue weighted by molar-refractivity contribution is -0.0499. The number of halogens is 4. The van der Waals surface area contributed by atoms with Crippen LogP contribution in [0.4, 0.5) is 30.2 Å². The van der Waals surface area contributed by atoms with Gasteiger partial charge in [0, 0.05) is 75.8 Å². The number of rotatable bonds is 9. The van der Waals surface area contributed by atoms with Crippen LogP contribution in [-0.2, 0) is 10.1 Å². The lowest BCUT2D eigenvalue weighted by atomic mass is 9.97. The second-order valence-electron chi connectivity index (χ2n) is 26.4. The summed E-state index contributed by atoms with van der Waals surface area (Å²) in [6, 6.07) is 111. The number of hydrogen-bond acceptors (Lipinski definition) is 9. The maximum absolute atomic E-state index is 12.5. The zero-order valence-corrected chi connectivity index (χ0v) is 58.8. The van der Waals surface area contributed by atoms with Gasteiger partial charge in [-0.15, -0.1) is 0 Å². The van der Waals surface area contributed by atoms with Gasteiger partial charge in [-0.1, -0.05) is 246 Å². The monoisotopic (exact) mass is 1480 g/mol. The Morgan fingerprint density at radius 1 is 0.299 bits per heavy atom. The highest BCUT2D eigenvalue weighted by atomic mass is 79.9. The Morgan fingerprint density at radius 3 is 0.991 bits per heavy atom. The average Bonchev–Trinajstić information content (AvgIpc) is 1.62. The van der Waals surface area contributed by atoms with Gasteiger partial charge in [0.15, 0.2) is 22.7 Å². The predicted octanol–water partition coefficient (Wildman–Crippen LogP) is 27.5. The average molecular weight is 1480 g/mol. The second-order valence-corrected chi connectivity index (χ2v) is 28.8. The van der Waals surface area contributed by atoms with Crippen LogP contribution >= 0.6 is 15.9 Å². The fraction of sp³-hybridized carbons (Fsp3) is 0.0108. The van der Waals surface area contributed by atoms with E-state index < -0.39 is 21.4 Å². The fourth-order valence-electron chi connectivity index (χ4n) is 15.1. The molecule has 0 aliphatic carbocycles. The number of phenols is 1.